The summed E-state index contributed by atoms with van der Waals surface area (Å²) in [4.78, 5) is 28.3. The summed E-state index contributed by atoms with van der Waals surface area (Å²) in [6.07, 6.45) is 1.41. The highest BCUT2D eigenvalue weighted by molar-refractivity contribution is 5.91. The molecular formula is C19H17FN4O3. The normalized spacial score (nSPS) is 10.5. The Balaban J connectivity index is 1.75. The average Bonchev–Trinajstić information content (AvgIpc) is 2.65. The average molecular weight is 368 g/mol. The maximum absolute atomic E-state index is 13.1. The lowest BCUT2D eigenvalue weighted by Crippen LogP contribution is -2.31. The van der Waals surface area contributed by atoms with Gasteiger partial charge in [0.2, 0.25) is 5.91 Å². The molecule has 0 fully saturated rings. The van der Waals surface area contributed by atoms with Crippen molar-refractivity contribution in [3.8, 4) is 17.0 Å². The first kappa shape index (κ1) is 18.2. The van der Waals surface area contributed by atoms with E-state index in [1.165, 1.54) is 24.4 Å². The van der Waals surface area contributed by atoms with E-state index < -0.39 is 11.6 Å². The molecule has 0 saturated carbocycles. The van der Waals surface area contributed by atoms with Crippen molar-refractivity contribution in [3.05, 3.63) is 70.5 Å². The van der Waals surface area contributed by atoms with E-state index in [0.29, 0.717) is 28.3 Å². The molecule has 3 aromatic rings. The zero-order valence-corrected chi connectivity index (χ0v) is 14.8. The van der Waals surface area contributed by atoms with E-state index in [1.54, 1.807) is 38.3 Å². The van der Waals surface area contributed by atoms with Crippen LogP contribution >= 0.6 is 0 Å². The fourth-order valence-electron chi connectivity index (χ4n) is 2.49. The van der Waals surface area contributed by atoms with Crippen molar-refractivity contribution in [2.45, 2.75) is 13.5 Å². The topological polar surface area (TPSA) is 86.1 Å². The minimum absolute atomic E-state index is 0.305. The third-order valence-corrected chi connectivity index (χ3v) is 3.88. The number of nitrogens with one attached hydrogen (secondary N) is 1. The van der Waals surface area contributed by atoms with Gasteiger partial charge in [0.1, 0.15) is 18.1 Å². The summed E-state index contributed by atoms with van der Waals surface area (Å²) in [6.45, 7) is 1.37. The van der Waals surface area contributed by atoms with Crippen LogP contribution in [0.15, 0.2) is 53.5 Å². The molecule has 0 unspecified atom stereocenters. The Labute approximate surface area is 154 Å². The Morgan fingerprint density at radius 3 is 2.78 bits per heavy atom. The lowest BCUT2D eigenvalue weighted by molar-refractivity contribution is -0.117. The Bertz CT molecular complexity index is 1050. The summed E-state index contributed by atoms with van der Waals surface area (Å²) in [6, 6.07) is 11.1. The number of benzene rings is 2. The molecule has 1 aromatic heterocycles. The molecule has 0 bridgehead atoms. The second kappa shape index (κ2) is 7.77. The van der Waals surface area contributed by atoms with Gasteiger partial charge >= 0.3 is 5.69 Å². The monoisotopic (exact) mass is 368 g/mol. The molecule has 3 rings (SSSR count). The van der Waals surface area contributed by atoms with Crippen LogP contribution in [-0.2, 0) is 11.3 Å². The number of nitrogens with zero attached hydrogens (tertiary/aromatic N) is 3. The number of amides is 1. The van der Waals surface area contributed by atoms with E-state index in [2.05, 4.69) is 15.4 Å². The van der Waals surface area contributed by atoms with Gasteiger partial charge in [-0.3, -0.25) is 4.79 Å². The Morgan fingerprint density at radius 2 is 2.07 bits per heavy atom. The number of aryl methyl sites for hydroxylation is 1. The first-order valence-corrected chi connectivity index (χ1v) is 8.11. The minimum Gasteiger partial charge on any atom is -0.497 e. The molecule has 0 radical (unpaired) electrons. The van der Waals surface area contributed by atoms with Gasteiger partial charge in [0.25, 0.3) is 0 Å². The maximum Gasteiger partial charge on any atom is 0.365 e. The molecule has 138 valence electrons. The molecule has 0 aliphatic carbocycles. The fraction of sp³-hybridized carbons (Fsp3) is 0.158. The van der Waals surface area contributed by atoms with Gasteiger partial charge in [-0.05, 0) is 42.8 Å². The third-order valence-electron chi connectivity index (χ3n) is 3.88. The second-order valence-corrected chi connectivity index (χ2v) is 5.82. The van der Waals surface area contributed by atoms with E-state index in [1.807, 2.05) is 0 Å². The van der Waals surface area contributed by atoms with Crippen LogP contribution in [0.4, 0.5) is 10.1 Å². The van der Waals surface area contributed by atoms with E-state index in [0.717, 1.165) is 4.68 Å². The summed E-state index contributed by atoms with van der Waals surface area (Å²) < 4.78 is 19.2. The highest BCUT2D eigenvalue weighted by Crippen LogP contribution is 2.20. The lowest BCUT2D eigenvalue weighted by atomic mass is 10.1. The maximum atomic E-state index is 13.1. The van der Waals surface area contributed by atoms with Crippen molar-refractivity contribution in [1.82, 2.24) is 14.8 Å². The van der Waals surface area contributed by atoms with Crippen molar-refractivity contribution >= 4 is 11.6 Å². The number of hydrogen-bond acceptors (Lipinski definition) is 5. The van der Waals surface area contributed by atoms with Crippen LogP contribution in [0.3, 0.4) is 0 Å². The molecule has 27 heavy (non-hydrogen) atoms. The van der Waals surface area contributed by atoms with Crippen LogP contribution < -0.4 is 15.7 Å². The van der Waals surface area contributed by atoms with Crippen molar-refractivity contribution in [1.29, 1.82) is 0 Å². The largest absolute Gasteiger partial charge is 0.497 e. The first-order valence-electron chi connectivity index (χ1n) is 8.11. The number of rotatable bonds is 5. The Kier molecular flexibility index (Phi) is 5.25. The van der Waals surface area contributed by atoms with Gasteiger partial charge in [-0.1, -0.05) is 12.1 Å². The van der Waals surface area contributed by atoms with E-state index >= 15 is 0 Å². The van der Waals surface area contributed by atoms with Crippen molar-refractivity contribution in [2.75, 3.05) is 12.4 Å². The summed E-state index contributed by atoms with van der Waals surface area (Å²) in [7, 11) is 1.55. The third kappa shape index (κ3) is 4.35. The smallest absolute Gasteiger partial charge is 0.365 e. The van der Waals surface area contributed by atoms with Gasteiger partial charge in [-0.15, -0.1) is 0 Å². The number of hydrogen-bond donors (Lipinski definition) is 1. The summed E-state index contributed by atoms with van der Waals surface area (Å²) in [5, 5.41) is 6.63. The fourth-order valence-corrected chi connectivity index (χ4v) is 2.49. The molecule has 0 aliphatic heterocycles. The van der Waals surface area contributed by atoms with Crippen LogP contribution in [0.5, 0.6) is 5.75 Å². The molecular weight excluding hydrogens is 351 g/mol. The Hall–Kier alpha value is -3.55. The van der Waals surface area contributed by atoms with Gasteiger partial charge in [0, 0.05) is 11.3 Å². The standard InChI is InChI=1S/C19H17FN4O3/c1-12-8-14(20)6-7-16(12)22-18(25)11-24-19(26)23-17(10-21-24)13-4-3-5-15(9-13)27-2/h3-10H,11H2,1-2H3,(H,22,25). The highest BCUT2D eigenvalue weighted by Gasteiger charge is 2.10. The number of halogens is 1. The van der Waals surface area contributed by atoms with Crippen molar-refractivity contribution < 1.29 is 13.9 Å². The summed E-state index contributed by atoms with van der Waals surface area (Å²) in [5.41, 5.74) is 1.45. The van der Waals surface area contributed by atoms with Crippen molar-refractivity contribution in [3.63, 3.8) is 0 Å². The van der Waals surface area contributed by atoms with Crippen molar-refractivity contribution in [2.24, 2.45) is 0 Å². The lowest BCUT2D eigenvalue weighted by Gasteiger charge is -2.09. The van der Waals surface area contributed by atoms with Gasteiger partial charge in [-0.2, -0.15) is 10.1 Å². The van der Waals surface area contributed by atoms with Crippen LogP contribution in [0.1, 0.15) is 5.56 Å². The molecule has 0 atom stereocenters. The van der Waals surface area contributed by atoms with Crippen LogP contribution in [-0.4, -0.2) is 27.8 Å². The number of aromatic nitrogens is 3. The van der Waals surface area contributed by atoms with E-state index in [9.17, 15) is 14.0 Å². The first-order chi connectivity index (χ1) is 13.0. The zero-order valence-electron chi connectivity index (χ0n) is 14.8. The molecule has 7 nitrogen and oxygen atoms in total. The number of ether oxygens (including phenoxy) is 1. The van der Waals surface area contributed by atoms with Gasteiger partial charge in [0.05, 0.1) is 19.0 Å². The number of carbonyl (C=O) groups is 1. The number of methoxy groups -OCH3 is 1. The predicted octanol–water partition coefficient (Wildman–Crippen LogP) is 2.40. The van der Waals surface area contributed by atoms with Gasteiger partial charge in [-0.25, -0.2) is 13.9 Å². The molecule has 0 saturated heterocycles. The SMILES string of the molecule is COc1cccc(-c2cnn(CC(=O)Nc3ccc(F)cc3C)c(=O)n2)c1. The number of anilines is 1. The van der Waals surface area contributed by atoms with Gasteiger partial charge in [0.15, 0.2) is 0 Å². The summed E-state index contributed by atoms with van der Waals surface area (Å²) >= 11 is 0. The molecule has 8 heteroatoms. The highest BCUT2D eigenvalue weighted by atomic mass is 19.1. The van der Waals surface area contributed by atoms with Crippen LogP contribution in [0.2, 0.25) is 0 Å². The van der Waals surface area contributed by atoms with E-state index in [4.69, 9.17) is 4.74 Å². The molecule has 1 heterocycles. The van der Waals surface area contributed by atoms with Crippen LogP contribution in [0, 0.1) is 12.7 Å². The Morgan fingerprint density at radius 1 is 1.26 bits per heavy atom. The molecule has 0 spiro atoms. The molecule has 1 amide bonds. The van der Waals surface area contributed by atoms with E-state index in [-0.39, 0.29) is 12.4 Å². The molecule has 1 N–H and O–H groups in total. The zero-order chi connectivity index (χ0) is 19.4. The quantitative estimate of drug-likeness (QED) is 0.747. The second-order valence-electron chi connectivity index (χ2n) is 5.82. The summed E-state index contributed by atoms with van der Waals surface area (Å²) in [5.74, 6) is -0.219. The minimum atomic E-state index is -0.652. The predicted molar refractivity (Wildman–Crippen MR) is 98.0 cm³/mol. The van der Waals surface area contributed by atoms with Crippen LogP contribution in [0.25, 0.3) is 11.3 Å². The van der Waals surface area contributed by atoms with Gasteiger partial charge < -0.3 is 10.1 Å². The number of carbonyl (C=O) groups excluding carboxylic acids is 1. The molecule has 2 aromatic carbocycles. The molecule has 0 aliphatic rings.